The van der Waals surface area contributed by atoms with Crippen molar-refractivity contribution in [2.45, 2.75) is 19.3 Å². The molecule has 0 unspecified atom stereocenters. The molecule has 4 nitrogen and oxygen atoms in total. The predicted octanol–water partition coefficient (Wildman–Crippen LogP) is 3.17. The molecule has 0 aliphatic rings. The van der Waals surface area contributed by atoms with E-state index in [1.54, 1.807) is 0 Å². The second-order valence-electron chi connectivity index (χ2n) is 4.38. The minimum atomic E-state index is -0.0278. The highest BCUT2D eigenvalue weighted by Gasteiger charge is 2.07. The van der Waals surface area contributed by atoms with Crippen LogP contribution < -0.4 is 11.1 Å². The quantitative estimate of drug-likeness (QED) is 0.837. The first-order valence-corrected chi connectivity index (χ1v) is 7.97. The Morgan fingerprint density at radius 1 is 1.35 bits per heavy atom. The zero-order chi connectivity index (χ0) is 14.4. The van der Waals surface area contributed by atoms with Crippen molar-refractivity contribution in [1.82, 2.24) is 4.98 Å². The van der Waals surface area contributed by atoms with Crippen molar-refractivity contribution in [3.63, 3.8) is 0 Å². The van der Waals surface area contributed by atoms with Crippen LogP contribution in [0.3, 0.4) is 0 Å². The molecule has 1 amide bonds. The Hall–Kier alpha value is -1.24. The summed E-state index contributed by atoms with van der Waals surface area (Å²) in [6, 6.07) is 8.18. The van der Waals surface area contributed by atoms with Gasteiger partial charge in [-0.25, -0.2) is 4.98 Å². The van der Waals surface area contributed by atoms with E-state index in [1.165, 1.54) is 16.9 Å². The van der Waals surface area contributed by atoms with Crippen LogP contribution in [-0.2, 0) is 11.2 Å². The SMILES string of the molecule is NCCCC(=O)Nc1ncc(Cc2ccc(Br)cc2)s1. The Balaban J connectivity index is 1.91. The van der Waals surface area contributed by atoms with Gasteiger partial charge in [0.05, 0.1) is 0 Å². The molecule has 3 N–H and O–H groups in total. The third-order valence-corrected chi connectivity index (χ3v) is 4.14. The normalized spacial score (nSPS) is 10.5. The van der Waals surface area contributed by atoms with E-state index in [0.717, 1.165) is 15.8 Å². The Bertz CT molecular complexity index is 568. The number of nitrogens with one attached hydrogen (secondary N) is 1. The molecule has 1 heterocycles. The molecule has 2 aromatic rings. The molecule has 20 heavy (non-hydrogen) atoms. The van der Waals surface area contributed by atoms with Crippen LogP contribution in [0.15, 0.2) is 34.9 Å². The molecule has 0 spiro atoms. The zero-order valence-corrected chi connectivity index (χ0v) is 13.3. The van der Waals surface area contributed by atoms with E-state index in [0.29, 0.717) is 24.5 Å². The summed E-state index contributed by atoms with van der Waals surface area (Å²) in [4.78, 5) is 16.9. The number of carbonyl (C=O) groups is 1. The number of hydrogen-bond acceptors (Lipinski definition) is 4. The van der Waals surface area contributed by atoms with Gasteiger partial charge in [0, 0.05) is 28.4 Å². The number of nitrogens with two attached hydrogens (primary N) is 1. The van der Waals surface area contributed by atoms with E-state index < -0.39 is 0 Å². The molecule has 0 aliphatic heterocycles. The zero-order valence-electron chi connectivity index (χ0n) is 10.9. The number of aromatic nitrogens is 1. The topological polar surface area (TPSA) is 68.0 Å². The summed E-state index contributed by atoms with van der Waals surface area (Å²) in [5, 5.41) is 3.45. The fourth-order valence-electron chi connectivity index (χ4n) is 1.69. The van der Waals surface area contributed by atoms with Crippen molar-refractivity contribution in [2.24, 2.45) is 5.73 Å². The lowest BCUT2D eigenvalue weighted by Gasteiger charge is -2.00. The van der Waals surface area contributed by atoms with Gasteiger partial charge in [-0.15, -0.1) is 11.3 Å². The van der Waals surface area contributed by atoms with Gasteiger partial charge < -0.3 is 11.1 Å². The molecule has 2 rings (SSSR count). The highest BCUT2D eigenvalue weighted by Crippen LogP contribution is 2.22. The second-order valence-corrected chi connectivity index (χ2v) is 6.41. The maximum absolute atomic E-state index is 11.6. The van der Waals surface area contributed by atoms with Gasteiger partial charge >= 0.3 is 0 Å². The van der Waals surface area contributed by atoms with E-state index in [-0.39, 0.29) is 5.91 Å². The summed E-state index contributed by atoms with van der Waals surface area (Å²) in [6.07, 6.45) is 3.77. The molecule has 0 aliphatic carbocycles. The summed E-state index contributed by atoms with van der Waals surface area (Å²) >= 11 is 4.92. The molecule has 0 bridgehead atoms. The predicted molar refractivity (Wildman–Crippen MR) is 86.0 cm³/mol. The van der Waals surface area contributed by atoms with Gasteiger partial charge in [0.2, 0.25) is 5.91 Å². The molecule has 0 radical (unpaired) electrons. The first kappa shape index (κ1) is 15.2. The first-order chi connectivity index (χ1) is 9.67. The molecule has 0 fully saturated rings. The molecule has 6 heteroatoms. The smallest absolute Gasteiger partial charge is 0.226 e. The average Bonchev–Trinajstić information content (AvgIpc) is 2.86. The van der Waals surface area contributed by atoms with Gasteiger partial charge in [-0.3, -0.25) is 4.79 Å². The van der Waals surface area contributed by atoms with Crippen LogP contribution in [0.2, 0.25) is 0 Å². The Kier molecular flexibility index (Phi) is 5.70. The maximum Gasteiger partial charge on any atom is 0.226 e. The van der Waals surface area contributed by atoms with Crippen LogP contribution in [0, 0.1) is 0 Å². The van der Waals surface area contributed by atoms with Crippen LogP contribution in [0.25, 0.3) is 0 Å². The van der Waals surface area contributed by atoms with Gasteiger partial charge in [0.15, 0.2) is 5.13 Å². The lowest BCUT2D eigenvalue weighted by atomic mass is 10.1. The summed E-state index contributed by atoms with van der Waals surface area (Å²) in [6.45, 7) is 0.528. The standard InChI is InChI=1S/C14H16BrN3OS/c15-11-5-3-10(4-6-11)8-12-9-17-14(20-12)18-13(19)2-1-7-16/h3-6,9H,1-2,7-8,16H2,(H,17,18,19). The summed E-state index contributed by atoms with van der Waals surface area (Å²) in [5.41, 5.74) is 6.59. The molecular weight excluding hydrogens is 338 g/mol. The number of nitrogens with zero attached hydrogens (tertiary/aromatic N) is 1. The molecule has 0 saturated carbocycles. The minimum Gasteiger partial charge on any atom is -0.330 e. The molecular formula is C14H16BrN3OS. The number of benzene rings is 1. The van der Waals surface area contributed by atoms with Crippen LogP contribution in [0.4, 0.5) is 5.13 Å². The van der Waals surface area contributed by atoms with E-state index >= 15 is 0 Å². The van der Waals surface area contributed by atoms with Crippen molar-refractivity contribution in [3.05, 3.63) is 45.4 Å². The lowest BCUT2D eigenvalue weighted by molar-refractivity contribution is -0.116. The molecule has 1 aromatic carbocycles. The maximum atomic E-state index is 11.6. The van der Waals surface area contributed by atoms with Crippen LogP contribution in [0.1, 0.15) is 23.3 Å². The van der Waals surface area contributed by atoms with Gasteiger partial charge in [-0.1, -0.05) is 28.1 Å². The number of hydrogen-bond donors (Lipinski definition) is 2. The fourth-order valence-corrected chi connectivity index (χ4v) is 2.82. The van der Waals surface area contributed by atoms with Crippen LogP contribution >= 0.6 is 27.3 Å². The third-order valence-electron chi connectivity index (χ3n) is 2.70. The number of halogens is 1. The number of amides is 1. The molecule has 0 atom stereocenters. The highest BCUT2D eigenvalue weighted by atomic mass is 79.9. The van der Waals surface area contributed by atoms with Gasteiger partial charge in [0.1, 0.15) is 0 Å². The van der Waals surface area contributed by atoms with Crippen molar-refractivity contribution >= 4 is 38.3 Å². The highest BCUT2D eigenvalue weighted by molar-refractivity contribution is 9.10. The number of carbonyl (C=O) groups excluding carboxylic acids is 1. The third kappa shape index (κ3) is 4.70. The summed E-state index contributed by atoms with van der Waals surface area (Å²) in [7, 11) is 0. The van der Waals surface area contributed by atoms with E-state index in [4.69, 9.17) is 5.73 Å². The molecule has 106 valence electrons. The van der Waals surface area contributed by atoms with Crippen molar-refractivity contribution in [3.8, 4) is 0 Å². The Morgan fingerprint density at radius 2 is 2.10 bits per heavy atom. The van der Waals surface area contributed by atoms with E-state index in [9.17, 15) is 4.79 Å². The van der Waals surface area contributed by atoms with Crippen LogP contribution in [0.5, 0.6) is 0 Å². The van der Waals surface area contributed by atoms with Crippen molar-refractivity contribution < 1.29 is 4.79 Å². The van der Waals surface area contributed by atoms with Gasteiger partial charge in [0.25, 0.3) is 0 Å². The Morgan fingerprint density at radius 3 is 2.80 bits per heavy atom. The second kappa shape index (κ2) is 7.52. The number of rotatable bonds is 6. The minimum absolute atomic E-state index is 0.0278. The monoisotopic (exact) mass is 353 g/mol. The lowest BCUT2D eigenvalue weighted by Crippen LogP contribution is -2.13. The molecule has 1 aromatic heterocycles. The van der Waals surface area contributed by atoms with Crippen molar-refractivity contribution in [1.29, 1.82) is 0 Å². The fraction of sp³-hybridized carbons (Fsp3) is 0.286. The van der Waals surface area contributed by atoms with E-state index in [1.807, 2.05) is 18.3 Å². The Labute approximate surface area is 130 Å². The summed E-state index contributed by atoms with van der Waals surface area (Å²) < 4.78 is 1.07. The largest absolute Gasteiger partial charge is 0.330 e. The molecule has 0 saturated heterocycles. The average molecular weight is 354 g/mol. The van der Waals surface area contributed by atoms with E-state index in [2.05, 4.69) is 38.4 Å². The van der Waals surface area contributed by atoms with Gasteiger partial charge in [-0.05, 0) is 30.7 Å². The first-order valence-electron chi connectivity index (χ1n) is 6.36. The summed E-state index contributed by atoms with van der Waals surface area (Å²) in [5.74, 6) is -0.0278. The number of thiazole rings is 1. The van der Waals surface area contributed by atoms with Crippen LogP contribution in [-0.4, -0.2) is 17.4 Å². The van der Waals surface area contributed by atoms with Gasteiger partial charge in [-0.2, -0.15) is 0 Å². The van der Waals surface area contributed by atoms with Crippen molar-refractivity contribution in [2.75, 3.05) is 11.9 Å². The number of anilines is 1.